The van der Waals surface area contributed by atoms with Crippen LogP contribution in [-0.2, 0) is 9.53 Å². The molecule has 1 heterocycles. The van der Waals surface area contributed by atoms with Crippen LogP contribution in [0.4, 0.5) is 5.69 Å². The van der Waals surface area contributed by atoms with Crippen LogP contribution >= 0.6 is 0 Å². The number of ether oxygens (including phenoxy) is 1. The number of amides is 1. The maximum Gasteiger partial charge on any atom is 0.227 e. The van der Waals surface area contributed by atoms with Crippen molar-refractivity contribution in [1.82, 2.24) is 5.32 Å². The molecule has 116 valence electrons. The van der Waals surface area contributed by atoms with Gasteiger partial charge < -0.3 is 15.4 Å². The predicted molar refractivity (Wildman–Crippen MR) is 85.6 cm³/mol. The lowest BCUT2D eigenvalue weighted by Gasteiger charge is -2.25. The standard InChI is InChI=1S/C17H26N2O2/c1-2-3-12-21-13-6-10-19-17(20)15-9-11-18-16-8-5-4-7-14(15)16/h4-5,7-8,15,18H,2-3,6,9-13H2,1H3,(H,19,20). The summed E-state index contributed by atoms with van der Waals surface area (Å²) in [7, 11) is 0. The summed E-state index contributed by atoms with van der Waals surface area (Å²) in [5.74, 6) is 0.112. The molecular weight excluding hydrogens is 264 g/mol. The lowest BCUT2D eigenvalue weighted by atomic mass is 9.90. The fourth-order valence-corrected chi connectivity index (χ4v) is 2.60. The van der Waals surface area contributed by atoms with Gasteiger partial charge in [-0.05, 0) is 30.9 Å². The zero-order chi connectivity index (χ0) is 14.9. The first kappa shape index (κ1) is 15.8. The molecule has 1 aliphatic heterocycles. The molecule has 1 aromatic rings. The maximum atomic E-state index is 12.3. The van der Waals surface area contributed by atoms with Crippen LogP contribution in [0.15, 0.2) is 24.3 Å². The molecule has 2 rings (SSSR count). The van der Waals surface area contributed by atoms with Gasteiger partial charge in [0.1, 0.15) is 0 Å². The Balaban J connectivity index is 1.72. The topological polar surface area (TPSA) is 50.4 Å². The average molecular weight is 290 g/mol. The molecule has 0 bridgehead atoms. The highest BCUT2D eigenvalue weighted by atomic mass is 16.5. The van der Waals surface area contributed by atoms with Crippen molar-refractivity contribution in [3.05, 3.63) is 29.8 Å². The van der Waals surface area contributed by atoms with Crippen molar-refractivity contribution in [2.75, 3.05) is 31.6 Å². The molecule has 1 aliphatic rings. The number of benzene rings is 1. The summed E-state index contributed by atoms with van der Waals surface area (Å²) in [6, 6.07) is 8.07. The quantitative estimate of drug-likeness (QED) is 0.724. The van der Waals surface area contributed by atoms with Gasteiger partial charge >= 0.3 is 0 Å². The second kappa shape index (κ2) is 8.67. The van der Waals surface area contributed by atoms with Crippen molar-refractivity contribution in [1.29, 1.82) is 0 Å². The van der Waals surface area contributed by atoms with E-state index in [4.69, 9.17) is 4.74 Å². The highest BCUT2D eigenvalue weighted by Gasteiger charge is 2.25. The largest absolute Gasteiger partial charge is 0.385 e. The molecule has 4 heteroatoms. The maximum absolute atomic E-state index is 12.3. The number of hydrogen-bond acceptors (Lipinski definition) is 3. The number of nitrogens with one attached hydrogen (secondary N) is 2. The minimum absolute atomic E-state index is 0.0246. The van der Waals surface area contributed by atoms with Gasteiger partial charge in [0.2, 0.25) is 5.91 Å². The van der Waals surface area contributed by atoms with Crippen LogP contribution in [0, 0.1) is 0 Å². The van der Waals surface area contributed by atoms with Crippen LogP contribution in [-0.4, -0.2) is 32.2 Å². The third-order valence-electron chi connectivity index (χ3n) is 3.81. The van der Waals surface area contributed by atoms with Crippen LogP contribution < -0.4 is 10.6 Å². The van der Waals surface area contributed by atoms with Gasteiger partial charge in [-0.25, -0.2) is 0 Å². The van der Waals surface area contributed by atoms with E-state index in [0.717, 1.165) is 56.7 Å². The van der Waals surface area contributed by atoms with Gasteiger partial charge in [0.25, 0.3) is 0 Å². The Morgan fingerprint density at radius 3 is 3.00 bits per heavy atom. The SMILES string of the molecule is CCCCOCCCNC(=O)C1CCNc2ccccc21. The summed E-state index contributed by atoms with van der Waals surface area (Å²) in [5.41, 5.74) is 2.20. The normalized spacial score (nSPS) is 16.9. The second-order valence-corrected chi connectivity index (χ2v) is 5.47. The van der Waals surface area contributed by atoms with E-state index in [0.29, 0.717) is 6.54 Å². The van der Waals surface area contributed by atoms with E-state index < -0.39 is 0 Å². The number of carbonyl (C=O) groups is 1. The van der Waals surface area contributed by atoms with E-state index in [9.17, 15) is 4.79 Å². The smallest absolute Gasteiger partial charge is 0.227 e. The third kappa shape index (κ3) is 4.74. The van der Waals surface area contributed by atoms with E-state index in [1.54, 1.807) is 0 Å². The lowest BCUT2D eigenvalue weighted by molar-refractivity contribution is -0.122. The first-order chi connectivity index (χ1) is 10.3. The van der Waals surface area contributed by atoms with Gasteiger partial charge in [0.15, 0.2) is 0 Å². The summed E-state index contributed by atoms with van der Waals surface area (Å²) in [6.45, 7) is 5.25. The van der Waals surface area contributed by atoms with Gasteiger partial charge in [-0.2, -0.15) is 0 Å². The number of hydrogen-bond donors (Lipinski definition) is 2. The van der Waals surface area contributed by atoms with Crippen molar-refractivity contribution in [2.24, 2.45) is 0 Å². The van der Waals surface area contributed by atoms with Crippen LogP contribution in [0.5, 0.6) is 0 Å². The van der Waals surface area contributed by atoms with Crippen molar-refractivity contribution in [3.8, 4) is 0 Å². The third-order valence-corrected chi connectivity index (χ3v) is 3.81. The highest BCUT2D eigenvalue weighted by molar-refractivity contribution is 5.86. The molecule has 0 saturated carbocycles. The summed E-state index contributed by atoms with van der Waals surface area (Å²) in [6.07, 6.45) is 4.00. The van der Waals surface area contributed by atoms with Crippen molar-refractivity contribution >= 4 is 11.6 Å². The molecular formula is C17H26N2O2. The van der Waals surface area contributed by atoms with Crippen LogP contribution in [0.1, 0.15) is 44.1 Å². The van der Waals surface area contributed by atoms with E-state index in [2.05, 4.69) is 17.6 Å². The molecule has 0 spiro atoms. The van der Waals surface area contributed by atoms with Gasteiger partial charge in [0, 0.05) is 32.0 Å². The molecule has 0 aliphatic carbocycles. The molecule has 0 fully saturated rings. The molecule has 1 amide bonds. The minimum Gasteiger partial charge on any atom is -0.385 e. The van der Waals surface area contributed by atoms with Crippen LogP contribution in [0.3, 0.4) is 0 Å². The summed E-state index contributed by atoms with van der Waals surface area (Å²) < 4.78 is 5.50. The van der Waals surface area contributed by atoms with Gasteiger partial charge in [-0.15, -0.1) is 0 Å². The fraction of sp³-hybridized carbons (Fsp3) is 0.588. The predicted octanol–water partition coefficient (Wildman–Crippen LogP) is 2.91. The summed E-state index contributed by atoms with van der Waals surface area (Å²) >= 11 is 0. The molecule has 1 atom stereocenters. The molecule has 21 heavy (non-hydrogen) atoms. The molecule has 0 radical (unpaired) electrons. The minimum atomic E-state index is -0.0246. The average Bonchev–Trinajstić information content (AvgIpc) is 2.53. The van der Waals surface area contributed by atoms with E-state index in [-0.39, 0.29) is 11.8 Å². The second-order valence-electron chi connectivity index (χ2n) is 5.47. The Labute approximate surface area is 127 Å². The number of anilines is 1. The number of fused-ring (bicyclic) bond motifs is 1. The Kier molecular flexibility index (Phi) is 6.54. The fourth-order valence-electron chi connectivity index (χ4n) is 2.60. The lowest BCUT2D eigenvalue weighted by Crippen LogP contribution is -2.33. The molecule has 2 N–H and O–H groups in total. The van der Waals surface area contributed by atoms with E-state index in [1.807, 2.05) is 24.3 Å². The summed E-state index contributed by atoms with van der Waals surface area (Å²) in [5, 5.41) is 6.38. The van der Waals surface area contributed by atoms with Crippen molar-refractivity contribution in [3.63, 3.8) is 0 Å². The van der Waals surface area contributed by atoms with Gasteiger partial charge in [0.05, 0.1) is 5.92 Å². The Hall–Kier alpha value is -1.55. The van der Waals surface area contributed by atoms with E-state index >= 15 is 0 Å². The molecule has 0 saturated heterocycles. The zero-order valence-electron chi connectivity index (χ0n) is 12.9. The number of unbranched alkanes of at least 4 members (excludes halogenated alkanes) is 1. The first-order valence-electron chi connectivity index (χ1n) is 8.01. The molecule has 0 aromatic heterocycles. The number of rotatable bonds is 8. The summed E-state index contributed by atoms with van der Waals surface area (Å²) in [4.78, 5) is 12.3. The van der Waals surface area contributed by atoms with Crippen molar-refractivity contribution in [2.45, 2.75) is 38.5 Å². The van der Waals surface area contributed by atoms with Gasteiger partial charge in [-0.3, -0.25) is 4.79 Å². The monoisotopic (exact) mass is 290 g/mol. The molecule has 4 nitrogen and oxygen atoms in total. The van der Waals surface area contributed by atoms with Crippen LogP contribution in [0.25, 0.3) is 0 Å². The first-order valence-corrected chi connectivity index (χ1v) is 8.01. The van der Waals surface area contributed by atoms with Gasteiger partial charge in [-0.1, -0.05) is 31.5 Å². The Morgan fingerprint density at radius 1 is 1.33 bits per heavy atom. The number of carbonyl (C=O) groups excluding carboxylic acids is 1. The van der Waals surface area contributed by atoms with E-state index in [1.165, 1.54) is 0 Å². The molecule has 1 aromatic carbocycles. The zero-order valence-corrected chi connectivity index (χ0v) is 12.9. The Morgan fingerprint density at radius 2 is 2.14 bits per heavy atom. The Bertz CT molecular complexity index is 448. The van der Waals surface area contributed by atoms with Crippen LogP contribution in [0.2, 0.25) is 0 Å². The number of para-hydroxylation sites is 1. The van der Waals surface area contributed by atoms with Crippen molar-refractivity contribution < 1.29 is 9.53 Å². The molecule has 1 unspecified atom stereocenters. The highest BCUT2D eigenvalue weighted by Crippen LogP contribution is 2.31.